The number of carbonyl (C=O) groups excluding carboxylic acids is 2. The van der Waals surface area contributed by atoms with Crippen molar-refractivity contribution in [3.05, 3.63) is 88.6 Å². The van der Waals surface area contributed by atoms with Crippen LogP contribution >= 0.6 is 15.9 Å². The molecule has 0 aliphatic carbocycles. The first-order valence-electron chi connectivity index (χ1n) is 12.8. The molecule has 3 rings (SSSR count). The highest BCUT2D eigenvalue weighted by Gasteiger charge is 2.32. The first-order chi connectivity index (χ1) is 18.9. The molecule has 0 spiro atoms. The van der Waals surface area contributed by atoms with E-state index in [2.05, 4.69) is 21.2 Å². The molecule has 1 atom stereocenters. The molecule has 0 saturated carbocycles. The van der Waals surface area contributed by atoms with E-state index >= 15 is 0 Å². The number of halogens is 2. The van der Waals surface area contributed by atoms with Crippen LogP contribution in [0.2, 0.25) is 0 Å². The first-order valence-corrected chi connectivity index (χ1v) is 15.0. The number of amides is 2. The van der Waals surface area contributed by atoms with E-state index in [-0.39, 0.29) is 29.1 Å². The second-order valence-corrected chi connectivity index (χ2v) is 12.2. The molecule has 214 valence electrons. The molecule has 1 unspecified atom stereocenters. The minimum absolute atomic E-state index is 0.0608. The lowest BCUT2D eigenvalue weighted by Gasteiger charge is -2.32. The summed E-state index contributed by atoms with van der Waals surface area (Å²) in [6.07, 6.45) is 0. The molecule has 0 heterocycles. The third kappa shape index (κ3) is 8.04. The predicted octanol–water partition coefficient (Wildman–Crippen LogP) is 5.12. The second-order valence-electron chi connectivity index (χ2n) is 9.38. The van der Waals surface area contributed by atoms with Gasteiger partial charge >= 0.3 is 0 Å². The van der Waals surface area contributed by atoms with Gasteiger partial charge in [0.1, 0.15) is 24.2 Å². The largest absolute Gasteiger partial charge is 0.494 e. The highest BCUT2D eigenvalue weighted by atomic mass is 79.9. The summed E-state index contributed by atoms with van der Waals surface area (Å²) in [5.41, 5.74) is 0.847. The van der Waals surface area contributed by atoms with E-state index < -0.39 is 34.3 Å². The van der Waals surface area contributed by atoms with Gasteiger partial charge in [0, 0.05) is 17.1 Å². The van der Waals surface area contributed by atoms with Crippen molar-refractivity contribution in [2.24, 2.45) is 0 Å². The van der Waals surface area contributed by atoms with E-state index in [4.69, 9.17) is 4.74 Å². The van der Waals surface area contributed by atoms with Crippen molar-refractivity contribution in [2.45, 2.75) is 51.2 Å². The SMILES string of the molecule is CCOc1ccc(S(=O)(=O)N(CC(=O)N(Cc2cccc(Br)c2)C(C)C(=O)NC(C)C)c2ccc(F)cc2)cc1. The van der Waals surface area contributed by atoms with Crippen molar-refractivity contribution in [3.63, 3.8) is 0 Å². The van der Waals surface area contributed by atoms with Gasteiger partial charge in [-0.1, -0.05) is 28.1 Å². The summed E-state index contributed by atoms with van der Waals surface area (Å²) in [5, 5.41) is 2.81. The molecule has 0 bridgehead atoms. The number of benzene rings is 3. The van der Waals surface area contributed by atoms with Crippen LogP contribution in [0.15, 0.2) is 82.2 Å². The summed E-state index contributed by atoms with van der Waals surface area (Å²) in [4.78, 5) is 28.1. The fraction of sp³-hybridized carbons (Fsp3) is 0.310. The lowest BCUT2D eigenvalue weighted by molar-refractivity contribution is -0.139. The van der Waals surface area contributed by atoms with Gasteiger partial charge in [-0.15, -0.1) is 0 Å². The van der Waals surface area contributed by atoms with E-state index in [1.807, 2.05) is 45.0 Å². The van der Waals surface area contributed by atoms with Crippen LogP contribution in [-0.4, -0.2) is 50.4 Å². The van der Waals surface area contributed by atoms with E-state index in [1.165, 1.54) is 41.3 Å². The minimum atomic E-state index is -4.27. The molecule has 0 aliphatic heterocycles. The van der Waals surface area contributed by atoms with Crippen molar-refractivity contribution in [3.8, 4) is 5.75 Å². The molecule has 11 heteroatoms. The number of ether oxygens (including phenoxy) is 1. The fourth-order valence-corrected chi connectivity index (χ4v) is 5.82. The number of hydrogen-bond donors (Lipinski definition) is 1. The Labute approximate surface area is 243 Å². The molecule has 40 heavy (non-hydrogen) atoms. The molecule has 3 aromatic carbocycles. The highest BCUT2D eigenvalue weighted by Crippen LogP contribution is 2.26. The van der Waals surface area contributed by atoms with Gasteiger partial charge in [-0.25, -0.2) is 12.8 Å². The molecule has 0 aliphatic rings. The Bertz CT molecular complexity index is 1420. The van der Waals surface area contributed by atoms with Gasteiger partial charge in [0.05, 0.1) is 17.2 Å². The van der Waals surface area contributed by atoms with Crippen molar-refractivity contribution in [1.82, 2.24) is 10.2 Å². The molecule has 2 amide bonds. The van der Waals surface area contributed by atoms with Gasteiger partial charge < -0.3 is 15.0 Å². The summed E-state index contributed by atoms with van der Waals surface area (Å²) in [6, 6.07) is 16.9. The van der Waals surface area contributed by atoms with Crippen LogP contribution in [0.1, 0.15) is 33.3 Å². The maximum absolute atomic E-state index is 13.9. The third-order valence-electron chi connectivity index (χ3n) is 5.96. The summed E-state index contributed by atoms with van der Waals surface area (Å²) in [7, 11) is -4.27. The average molecular weight is 635 g/mol. The van der Waals surface area contributed by atoms with Crippen LogP contribution in [0.5, 0.6) is 5.75 Å². The van der Waals surface area contributed by atoms with Gasteiger partial charge in [-0.2, -0.15) is 0 Å². The second kappa shape index (κ2) is 13.8. The predicted molar refractivity (Wildman–Crippen MR) is 156 cm³/mol. The maximum Gasteiger partial charge on any atom is 0.264 e. The minimum Gasteiger partial charge on any atom is -0.494 e. The van der Waals surface area contributed by atoms with Crippen LogP contribution in [0, 0.1) is 5.82 Å². The van der Waals surface area contributed by atoms with E-state index in [0.29, 0.717) is 12.4 Å². The molecule has 0 fully saturated rings. The molecule has 3 aromatic rings. The number of sulfonamides is 1. The zero-order valence-corrected chi connectivity index (χ0v) is 25.2. The van der Waals surface area contributed by atoms with Crippen molar-refractivity contribution in [2.75, 3.05) is 17.5 Å². The van der Waals surface area contributed by atoms with E-state index in [0.717, 1.165) is 26.5 Å². The zero-order chi connectivity index (χ0) is 29.4. The maximum atomic E-state index is 13.9. The summed E-state index contributed by atoms with van der Waals surface area (Å²) < 4.78 is 48.5. The lowest BCUT2D eigenvalue weighted by Crippen LogP contribution is -2.52. The third-order valence-corrected chi connectivity index (χ3v) is 8.24. The topological polar surface area (TPSA) is 96.0 Å². The van der Waals surface area contributed by atoms with E-state index in [9.17, 15) is 22.4 Å². The number of rotatable bonds is 12. The molecule has 0 radical (unpaired) electrons. The molecular formula is C29H33BrFN3O5S. The summed E-state index contributed by atoms with van der Waals surface area (Å²) in [5.74, 6) is -1.04. The number of carbonyl (C=O) groups is 2. The summed E-state index contributed by atoms with van der Waals surface area (Å²) in [6.45, 7) is 6.89. The Kier molecular flexibility index (Phi) is 10.7. The molecule has 8 nitrogen and oxygen atoms in total. The molecule has 1 N–H and O–H groups in total. The van der Waals surface area contributed by atoms with Crippen LogP contribution in [-0.2, 0) is 26.2 Å². The average Bonchev–Trinajstić information content (AvgIpc) is 2.90. The summed E-state index contributed by atoms with van der Waals surface area (Å²) >= 11 is 3.42. The smallest absolute Gasteiger partial charge is 0.264 e. The lowest BCUT2D eigenvalue weighted by atomic mass is 10.1. The van der Waals surface area contributed by atoms with Crippen LogP contribution in [0.3, 0.4) is 0 Å². The first kappa shape index (κ1) is 31.1. The number of nitrogens with zero attached hydrogens (tertiary/aromatic N) is 2. The monoisotopic (exact) mass is 633 g/mol. The Morgan fingerprint density at radius 3 is 2.23 bits per heavy atom. The molecular weight excluding hydrogens is 601 g/mol. The van der Waals surface area contributed by atoms with Gasteiger partial charge in [0.2, 0.25) is 11.8 Å². The number of nitrogens with one attached hydrogen (secondary N) is 1. The van der Waals surface area contributed by atoms with Crippen LogP contribution < -0.4 is 14.4 Å². The van der Waals surface area contributed by atoms with E-state index in [1.54, 1.807) is 6.92 Å². The van der Waals surface area contributed by atoms with Crippen LogP contribution in [0.4, 0.5) is 10.1 Å². The Balaban J connectivity index is 2.02. The Morgan fingerprint density at radius 2 is 1.65 bits per heavy atom. The van der Waals surface area contributed by atoms with Crippen LogP contribution in [0.25, 0.3) is 0 Å². The quantitative estimate of drug-likeness (QED) is 0.299. The normalized spacial score (nSPS) is 12.1. The van der Waals surface area contributed by atoms with Crippen molar-refractivity contribution < 1.29 is 27.1 Å². The zero-order valence-electron chi connectivity index (χ0n) is 22.8. The fourth-order valence-electron chi connectivity index (χ4n) is 3.96. The van der Waals surface area contributed by atoms with Gasteiger partial charge in [0.15, 0.2) is 0 Å². The van der Waals surface area contributed by atoms with Crippen molar-refractivity contribution >= 4 is 43.5 Å². The molecule has 0 aromatic heterocycles. The van der Waals surface area contributed by atoms with Gasteiger partial charge in [-0.05, 0) is 93.9 Å². The Morgan fingerprint density at radius 1 is 1.00 bits per heavy atom. The standard InChI is InChI=1S/C29H33BrFN3O5S/c1-5-39-26-13-15-27(16-14-26)40(37,38)34(25-11-9-24(31)10-12-25)19-28(35)33(21(4)29(36)32-20(2)3)18-22-7-6-8-23(30)17-22/h6-17,20-21H,5,18-19H2,1-4H3,(H,32,36). The molecule has 0 saturated heterocycles. The van der Waals surface area contributed by atoms with Gasteiger partial charge in [-0.3, -0.25) is 13.9 Å². The highest BCUT2D eigenvalue weighted by molar-refractivity contribution is 9.10. The van der Waals surface area contributed by atoms with Crippen molar-refractivity contribution in [1.29, 1.82) is 0 Å². The number of anilines is 1. The number of hydrogen-bond acceptors (Lipinski definition) is 5. The Hall–Kier alpha value is -3.44. The van der Waals surface area contributed by atoms with Gasteiger partial charge in [0.25, 0.3) is 10.0 Å².